The first-order valence-electron chi connectivity index (χ1n) is 5.88. The van der Waals surface area contributed by atoms with E-state index in [4.69, 9.17) is 10.2 Å². The SMILES string of the molecule is CO.O=C(O)Cc1ccc(-c2ccc(F)c(F)c2)cc1F. The Morgan fingerprint density at radius 1 is 0.905 bits per heavy atom. The van der Waals surface area contributed by atoms with Crippen molar-refractivity contribution in [2.24, 2.45) is 0 Å². The Balaban J connectivity index is 0.00000106. The molecule has 2 N–H and O–H groups in total. The number of rotatable bonds is 3. The van der Waals surface area contributed by atoms with Crippen molar-refractivity contribution in [3.8, 4) is 11.1 Å². The molecule has 2 aromatic rings. The summed E-state index contributed by atoms with van der Waals surface area (Å²) >= 11 is 0. The highest BCUT2D eigenvalue weighted by molar-refractivity contribution is 5.71. The second-order valence-electron chi connectivity index (χ2n) is 4.01. The number of aliphatic hydroxyl groups is 1. The van der Waals surface area contributed by atoms with Crippen molar-refractivity contribution < 1.29 is 28.2 Å². The summed E-state index contributed by atoms with van der Waals surface area (Å²) in [5.41, 5.74) is 0.712. The molecule has 0 atom stereocenters. The molecular formula is C15H13F3O3. The first-order chi connectivity index (χ1) is 9.97. The van der Waals surface area contributed by atoms with Crippen LogP contribution in [-0.4, -0.2) is 23.3 Å². The Hall–Kier alpha value is -2.34. The van der Waals surface area contributed by atoms with Gasteiger partial charge in [0.05, 0.1) is 6.42 Å². The summed E-state index contributed by atoms with van der Waals surface area (Å²) in [7, 11) is 1.00. The third-order valence-electron chi connectivity index (χ3n) is 2.65. The predicted molar refractivity (Wildman–Crippen MR) is 71.2 cm³/mol. The van der Waals surface area contributed by atoms with Crippen LogP contribution in [0.1, 0.15) is 5.56 Å². The third kappa shape index (κ3) is 4.32. The summed E-state index contributed by atoms with van der Waals surface area (Å²) in [5, 5.41) is 15.6. The maximum Gasteiger partial charge on any atom is 0.307 e. The number of halogens is 3. The average Bonchev–Trinajstić information content (AvgIpc) is 2.46. The van der Waals surface area contributed by atoms with E-state index >= 15 is 0 Å². The minimum absolute atomic E-state index is 0.0406. The summed E-state index contributed by atoms with van der Waals surface area (Å²) < 4.78 is 39.5. The fraction of sp³-hybridized carbons (Fsp3) is 0.133. The third-order valence-corrected chi connectivity index (χ3v) is 2.65. The summed E-state index contributed by atoms with van der Waals surface area (Å²) in [6, 6.07) is 7.12. The van der Waals surface area contributed by atoms with E-state index in [-0.39, 0.29) is 5.56 Å². The largest absolute Gasteiger partial charge is 0.481 e. The Morgan fingerprint density at radius 2 is 1.43 bits per heavy atom. The van der Waals surface area contributed by atoms with Crippen molar-refractivity contribution >= 4 is 5.97 Å². The van der Waals surface area contributed by atoms with Gasteiger partial charge in [-0.2, -0.15) is 0 Å². The molecule has 0 spiro atoms. The van der Waals surface area contributed by atoms with Crippen molar-refractivity contribution in [3.05, 3.63) is 59.4 Å². The molecule has 0 aliphatic carbocycles. The normalized spacial score (nSPS) is 9.76. The molecule has 0 bridgehead atoms. The van der Waals surface area contributed by atoms with Gasteiger partial charge in [0.1, 0.15) is 5.82 Å². The van der Waals surface area contributed by atoms with E-state index in [9.17, 15) is 18.0 Å². The monoisotopic (exact) mass is 298 g/mol. The lowest BCUT2D eigenvalue weighted by Gasteiger charge is -2.05. The molecule has 6 heteroatoms. The van der Waals surface area contributed by atoms with E-state index in [1.807, 2.05) is 0 Å². The Labute approximate surface area is 119 Å². The van der Waals surface area contributed by atoms with Crippen LogP contribution in [0.15, 0.2) is 36.4 Å². The van der Waals surface area contributed by atoms with Gasteiger partial charge in [-0.15, -0.1) is 0 Å². The quantitative estimate of drug-likeness (QED) is 0.916. The maximum atomic E-state index is 13.6. The van der Waals surface area contributed by atoms with Gasteiger partial charge in [-0.25, -0.2) is 13.2 Å². The van der Waals surface area contributed by atoms with Gasteiger partial charge in [0.15, 0.2) is 11.6 Å². The molecule has 0 saturated heterocycles. The minimum atomic E-state index is -1.14. The van der Waals surface area contributed by atoms with Gasteiger partial charge in [-0.3, -0.25) is 4.79 Å². The van der Waals surface area contributed by atoms with Crippen LogP contribution >= 0.6 is 0 Å². The molecule has 2 aromatic carbocycles. The lowest BCUT2D eigenvalue weighted by atomic mass is 10.0. The van der Waals surface area contributed by atoms with Crippen LogP contribution in [0, 0.1) is 17.5 Å². The molecule has 21 heavy (non-hydrogen) atoms. The highest BCUT2D eigenvalue weighted by Crippen LogP contribution is 2.24. The van der Waals surface area contributed by atoms with Crippen LogP contribution < -0.4 is 0 Å². The van der Waals surface area contributed by atoms with Crippen LogP contribution in [-0.2, 0) is 11.2 Å². The molecule has 0 aliphatic heterocycles. The van der Waals surface area contributed by atoms with Crippen molar-refractivity contribution in [2.75, 3.05) is 7.11 Å². The van der Waals surface area contributed by atoms with E-state index in [0.29, 0.717) is 11.1 Å². The molecule has 0 fully saturated rings. The number of aliphatic carboxylic acids is 1. The number of carboxylic acid groups (broad SMARTS) is 1. The molecule has 0 radical (unpaired) electrons. The first-order valence-corrected chi connectivity index (χ1v) is 5.88. The summed E-state index contributed by atoms with van der Waals surface area (Å²) in [6.45, 7) is 0. The topological polar surface area (TPSA) is 57.5 Å². The molecule has 3 nitrogen and oxygen atoms in total. The molecule has 0 unspecified atom stereocenters. The van der Waals surface area contributed by atoms with Crippen LogP contribution in [0.25, 0.3) is 11.1 Å². The van der Waals surface area contributed by atoms with Crippen LogP contribution in [0.3, 0.4) is 0 Å². The summed E-state index contributed by atoms with van der Waals surface area (Å²) in [5.74, 6) is -3.83. The van der Waals surface area contributed by atoms with E-state index in [1.165, 1.54) is 18.2 Å². The van der Waals surface area contributed by atoms with Crippen molar-refractivity contribution in [1.82, 2.24) is 0 Å². The Morgan fingerprint density at radius 3 is 1.90 bits per heavy atom. The number of carboxylic acids is 1. The van der Waals surface area contributed by atoms with E-state index in [0.717, 1.165) is 25.3 Å². The fourth-order valence-corrected chi connectivity index (χ4v) is 1.71. The van der Waals surface area contributed by atoms with Crippen molar-refractivity contribution in [2.45, 2.75) is 6.42 Å². The number of carbonyl (C=O) groups is 1. The van der Waals surface area contributed by atoms with E-state index in [1.54, 1.807) is 0 Å². The molecule has 112 valence electrons. The van der Waals surface area contributed by atoms with E-state index < -0.39 is 29.8 Å². The van der Waals surface area contributed by atoms with Crippen LogP contribution in [0.5, 0.6) is 0 Å². The number of hydrogen-bond donors (Lipinski definition) is 2. The second kappa shape index (κ2) is 7.44. The zero-order valence-electron chi connectivity index (χ0n) is 11.1. The van der Waals surface area contributed by atoms with Crippen molar-refractivity contribution in [1.29, 1.82) is 0 Å². The molecular weight excluding hydrogens is 285 g/mol. The fourth-order valence-electron chi connectivity index (χ4n) is 1.71. The highest BCUT2D eigenvalue weighted by atomic mass is 19.2. The van der Waals surface area contributed by atoms with Gasteiger partial charge in [-0.1, -0.05) is 18.2 Å². The number of benzene rings is 2. The Kier molecular flexibility index (Phi) is 5.92. The second-order valence-corrected chi connectivity index (χ2v) is 4.01. The van der Waals surface area contributed by atoms with Gasteiger partial charge >= 0.3 is 5.97 Å². The molecule has 0 saturated carbocycles. The summed E-state index contributed by atoms with van der Waals surface area (Å²) in [4.78, 5) is 10.5. The lowest BCUT2D eigenvalue weighted by molar-refractivity contribution is -0.136. The van der Waals surface area contributed by atoms with Gasteiger partial charge in [0.2, 0.25) is 0 Å². The Bertz CT molecular complexity index is 642. The van der Waals surface area contributed by atoms with Crippen LogP contribution in [0.2, 0.25) is 0 Å². The van der Waals surface area contributed by atoms with Crippen LogP contribution in [0.4, 0.5) is 13.2 Å². The molecule has 0 heterocycles. The number of aliphatic hydroxyl groups excluding tert-OH is 1. The highest BCUT2D eigenvalue weighted by Gasteiger charge is 2.10. The van der Waals surface area contributed by atoms with E-state index in [2.05, 4.69) is 0 Å². The molecule has 0 aliphatic rings. The van der Waals surface area contributed by atoms with Gasteiger partial charge in [0.25, 0.3) is 0 Å². The molecule has 2 rings (SSSR count). The smallest absolute Gasteiger partial charge is 0.307 e. The van der Waals surface area contributed by atoms with Gasteiger partial charge in [-0.05, 0) is 34.9 Å². The minimum Gasteiger partial charge on any atom is -0.481 e. The molecule has 0 aromatic heterocycles. The summed E-state index contributed by atoms with van der Waals surface area (Å²) in [6.07, 6.45) is -0.427. The number of hydrogen-bond acceptors (Lipinski definition) is 2. The lowest BCUT2D eigenvalue weighted by Crippen LogP contribution is -2.02. The van der Waals surface area contributed by atoms with Gasteiger partial charge in [0, 0.05) is 7.11 Å². The predicted octanol–water partition coefficient (Wildman–Crippen LogP) is 3.01. The standard InChI is InChI=1S/C14H9F3O2.CH4O/c15-11-4-3-9(6-13(11)17)8-1-2-10(7-14(18)19)12(16)5-8;1-2/h1-6H,7H2,(H,18,19);2H,1H3. The first kappa shape index (κ1) is 16.7. The zero-order valence-corrected chi connectivity index (χ0v) is 11.1. The molecule has 0 amide bonds. The van der Waals surface area contributed by atoms with Crippen molar-refractivity contribution in [3.63, 3.8) is 0 Å². The van der Waals surface area contributed by atoms with Gasteiger partial charge < -0.3 is 10.2 Å². The zero-order chi connectivity index (χ0) is 16.0. The maximum absolute atomic E-state index is 13.6. The average molecular weight is 298 g/mol.